The minimum absolute atomic E-state index is 0.0277. The summed E-state index contributed by atoms with van der Waals surface area (Å²) in [5.41, 5.74) is -1.11. The van der Waals surface area contributed by atoms with E-state index in [1.54, 1.807) is 18.2 Å². The number of hydrogen-bond donors (Lipinski definition) is 4. The maximum Gasteiger partial charge on any atom is 0.459 e. The molecule has 1 aliphatic rings. The van der Waals surface area contributed by atoms with Gasteiger partial charge < -0.3 is 19.5 Å². The van der Waals surface area contributed by atoms with Gasteiger partial charge in [-0.2, -0.15) is 5.09 Å². The third kappa shape index (κ3) is 5.54. The quantitative estimate of drug-likeness (QED) is 0.388. The fourth-order valence-electron chi connectivity index (χ4n) is 2.77. The zero-order valence-corrected chi connectivity index (χ0v) is 18.0. The standard InChI is InChI=1S/C19H22N3O9P/c1-11-9-22(19(27)20-16(11)24)17-15(23)8-14(30-17)10-29-32(28,21-12(2)18(25)26)31-13-6-4-3-5-7-13/h3-9,12,15,17,23H,10H2,1-2H3,(H,21,28)(H,25,26)(H,20,24,27)/t12?,15-,17-,32+/m1/s1. The smallest absolute Gasteiger partial charge is 0.459 e. The Morgan fingerprint density at radius 1 is 1.34 bits per heavy atom. The molecule has 1 aromatic heterocycles. The van der Waals surface area contributed by atoms with Gasteiger partial charge >= 0.3 is 19.4 Å². The van der Waals surface area contributed by atoms with E-state index in [0.29, 0.717) is 0 Å². The molecule has 1 aromatic carbocycles. The number of aliphatic hydroxyl groups is 1. The van der Waals surface area contributed by atoms with Gasteiger partial charge in [0.1, 0.15) is 30.3 Å². The molecule has 0 spiro atoms. The number of aryl methyl sites for hydroxylation is 1. The van der Waals surface area contributed by atoms with E-state index >= 15 is 0 Å². The lowest BCUT2D eigenvalue weighted by atomic mass is 10.3. The van der Waals surface area contributed by atoms with Crippen molar-refractivity contribution in [1.82, 2.24) is 14.6 Å². The van der Waals surface area contributed by atoms with Crippen LogP contribution < -0.4 is 20.9 Å². The third-order valence-electron chi connectivity index (χ3n) is 4.41. The van der Waals surface area contributed by atoms with Gasteiger partial charge in [0.05, 0.1) is 0 Å². The largest absolute Gasteiger partial charge is 0.480 e. The fraction of sp³-hybridized carbons (Fsp3) is 0.316. The molecule has 0 aliphatic carbocycles. The molecular weight excluding hydrogens is 445 g/mol. The average Bonchev–Trinajstić information content (AvgIpc) is 3.10. The van der Waals surface area contributed by atoms with Crippen molar-refractivity contribution in [3.63, 3.8) is 0 Å². The molecule has 13 heteroatoms. The molecule has 172 valence electrons. The van der Waals surface area contributed by atoms with E-state index in [4.69, 9.17) is 18.9 Å². The summed E-state index contributed by atoms with van der Waals surface area (Å²) >= 11 is 0. The molecule has 0 saturated heterocycles. The Kier molecular flexibility index (Phi) is 6.99. The SMILES string of the molecule is Cc1cn([C@@H]2OC(CO[P@@](=O)(NC(C)C(=O)O)Oc3ccccc3)=C[C@H]2O)c(=O)[nH]c1=O. The molecule has 1 unspecified atom stereocenters. The maximum atomic E-state index is 13.2. The van der Waals surface area contributed by atoms with E-state index < -0.39 is 49.9 Å². The van der Waals surface area contributed by atoms with Crippen LogP contribution in [0.25, 0.3) is 0 Å². The Balaban J connectivity index is 1.74. The van der Waals surface area contributed by atoms with Gasteiger partial charge in [0.2, 0.25) is 6.23 Å². The first kappa shape index (κ1) is 23.5. The van der Waals surface area contributed by atoms with Gasteiger partial charge in [-0.25, -0.2) is 9.36 Å². The predicted molar refractivity (Wildman–Crippen MR) is 111 cm³/mol. The Labute approximate surface area is 181 Å². The van der Waals surface area contributed by atoms with Crippen LogP contribution in [0.15, 0.2) is 58.0 Å². The number of H-pyrrole nitrogens is 1. The van der Waals surface area contributed by atoms with E-state index in [1.165, 1.54) is 38.3 Å². The Morgan fingerprint density at radius 2 is 2.03 bits per heavy atom. The highest BCUT2D eigenvalue weighted by Gasteiger charge is 2.35. The number of nitrogens with one attached hydrogen (secondary N) is 2. The number of aliphatic carboxylic acids is 1. The van der Waals surface area contributed by atoms with Crippen molar-refractivity contribution in [3.8, 4) is 5.75 Å². The van der Waals surface area contributed by atoms with E-state index in [2.05, 4.69) is 10.1 Å². The predicted octanol–water partition coefficient (Wildman–Crippen LogP) is 0.885. The molecule has 0 fully saturated rings. The Morgan fingerprint density at radius 3 is 2.69 bits per heavy atom. The molecule has 2 heterocycles. The molecule has 0 radical (unpaired) electrons. The minimum atomic E-state index is -4.19. The number of para-hydroxylation sites is 1. The topological polar surface area (TPSA) is 169 Å². The summed E-state index contributed by atoms with van der Waals surface area (Å²) in [6.45, 7) is 2.29. The monoisotopic (exact) mass is 467 g/mol. The molecule has 0 saturated carbocycles. The number of aromatic amines is 1. The minimum Gasteiger partial charge on any atom is -0.480 e. The second-order valence-electron chi connectivity index (χ2n) is 6.97. The summed E-state index contributed by atoms with van der Waals surface area (Å²) in [7, 11) is -4.19. The zero-order chi connectivity index (χ0) is 23.5. The lowest BCUT2D eigenvalue weighted by molar-refractivity contribution is -0.138. The first-order chi connectivity index (χ1) is 15.1. The number of aliphatic hydroxyl groups excluding tert-OH is 1. The summed E-state index contributed by atoms with van der Waals surface area (Å²) < 4.78 is 30.5. The first-order valence-corrected chi connectivity index (χ1v) is 11.0. The van der Waals surface area contributed by atoms with Crippen LogP contribution in [-0.4, -0.2) is 44.5 Å². The summed E-state index contributed by atoms with van der Waals surface area (Å²) in [5.74, 6) is -1.07. The van der Waals surface area contributed by atoms with Crippen molar-refractivity contribution < 1.29 is 33.4 Å². The molecule has 4 N–H and O–H groups in total. The van der Waals surface area contributed by atoms with E-state index in [0.717, 1.165) is 4.57 Å². The number of hydrogen-bond acceptors (Lipinski definition) is 8. The van der Waals surface area contributed by atoms with Crippen LogP contribution in [0.1, 0.15) is 18.7 Å². The number of nitrogens with zero attached hydrogens (tertiary/aromatic N) is 1. The molecular formula is C19H22N3O9P. The number of rotatable bonds is 9. The van der Waals surface area contributed by atoms with Crippen molar-refractivity contribution in [2.45, 2.75) is 32.2 Å². The highest BCUT2D eigenvalue weighted by Crippen LogP contribution is 2.45. The van der Waals surface area contributed by atoms with Gasteiger partial charge in [-0.05, 0) is 32.1 Å². The number of ether oxygens (including phenoxy) is 1. The molecule has 32 heavy (non-hydrogen) atoms. The molecule has 2 aromatic rings. The van der Waals surface area contributed by atoms with Crippen molar-refractivity contribution in [1.29, 1.82) is 0 Å². The number of carbonyl (C=O) groups is 1. The average molecular weight is 467 g/mol. The van der Waals surface area contributed by atoms with Gasteiger partial charge in [0.15, 0.2) is 0 Å². The van der Waals surface area contributed by atoms with Crippen LogP contribution in [0.4, 0.5) is 0 Å². The van der Waals surface area contributed by atoms with Crippen molar-refractivity contribution >= 4 is 13.7 Å². The molecule has 4 atom stereocenters. The lowest BCUT2D eigenvalue weighted by Gasteiger charge is -2.22. The number of carboxylic acid groups (broad SMARTS) is 1. The zero-order valence-electron chi connectivity index (χ0n) is 17.1. The van der Waals surface area contributed by atoms with E-state index in [9.17, 15) is 24.1 Å². The molecule has 0 bridgehead atoms. The van der Waals surface area contributed by atoms with Gasteiger partial charge in [-0.1, -0.05) is 18.2 Å². The fourth-order valence-corrected chi connectivity index (χ4v) is 4.23. The summed E-state index contributed by atoms with van der Waals surface area (Å²) in [4.78, 5) is 36.9. The van der Waals surface area contributed by atoms with Crippen molar-refractivity contribution in [2.24, 2.45) is 0 Å². The van der Waals surface area contributed by atoms with Crippen molar-refractivity contribution in [3.05, 3.63) is 74.8 Å². The molecule has 3 rings (SSSR count). The van der Waals surface area contributed by atoms with Crippen LogP contribution >= 0.6 is 7.75 Å². The lowest BCUT2D eigenvalue weighted by Crippen LogP contribution is -2.36. The number of benzene rings is 1. The van der Waals surface area contributed by atoms with Crippen LogP contribution in [0.3, 0.4) is 0 Å². The maximum absolute atomic E-state index is 13.2. The first-order valence-electron chi connectivity index (χ1n) is 9.45. The van der Waals surface area contributed by atoms with Gasteiger partial charge in [0.25, 0.3) is 5.56 Å². The van der Waals surface area contributed by atoms with E-state index in [-0.39, 0.29) is 17.1 Å². The summed E-state index contributed by atoms with van der Waals surface area (Å²) in [6, 6.07) is 6.74. The normalized spacial score (nSPS) is 20.7. The summed E-state index contributed by atoms with van der Waals surface area (Å²) in [6.07, 6.45) is 0.0333. The second-order valence-corrected chi connectivity index (χ2v) is 8.67. The summed E-state index contributed by atoms with van der Waals surface area (Å²) in [5, 5.41) is 21.7. The van der Waals surface area contributed by atoms with Crippen LogP contribution in [0, 0.1) is 6.92 Å². The highest BCUT2D eigenvalue weighted by atomic mass is 31.2. The van der Waals surface area contributed by atoms with Gasteiger partial charge in [0, 0.05) is 11.8 Å². The highest BCUT2D eigenvalue weighted by molar-refractivity contribution is 7.52. The molecule has 0 amide bonds. The Bertz CT molecular complexity index is 1170. The molecule has 1 aliphatic heterocycles. The second kappa shape index (κ2) is 9.53. The van der Waals surface area contributed by atoms with E-state index in [1.807, 2.05) is 0 Å². The van der Waals surface area contributed by atoms with Crippen LogP contribution in [0.5, 0.6) is 5.75 Å². The molecule has 12 nitrogen and oxygen atoms in total. The number of aromatic nitrogens is 2. The Hall–Kier alpha value is -3.18. The van der Waals surface area contributed by atoms with Crippen LogP contribution in [-0.2, 0) is 18.6 Å². The number of carboxylic acids is 1. The van der Waals surface area contributed by atoms with Crippen LogP contribution in [0.2, 0.25) is 0 Å². The van der Waals surface area contributed by atoms with Gasteiger partial charge in [-0.15, -0.1) is 0 Å². The third-order valence-corrected chi connectivity index (χ3v) is 6.03. The van der Waals surface area contributed by atoms with Crippen molar-refractivity contribution in [2.75, 3.05) is 6.61 Å². The van der Waals surface area contributed by atoms with Gasteiger partial charge in [-0.3, -0.25) is 23.7 Å².